The molecule has 0 spiro atoms. The second-order valence-corrected chi connectivity index (χ2v) is 15.9. The van der Waals surface area contributed by atoms with E-state index in [1.165, 1.54) is 83.5 Å². The van der Waals surface area contributed by atoms with Crippen LogP contribution < -0.4 is 4.74 Å². The summed E-state index contributed by atoms with van der Waals surface area (Å²) in [5, 5.41) is 63.5. The van der Waals surface area contributed by atoms with Crippen molar-refractivity contribution in [1.29, 1.82) is 0 Å². The highest BCUT2D eigenvalue weighted by Gasteiger charge is 2.50. The number of aliphatic hydroxyl groups excluding tert-OH is 6. The van der Waals surface area contributed by atoms with E-state index in [0.29, 0.717) is 12.4 Å². The smallest absolute Gasteiger partial charge is 0.338 e. The molecule has 0 saturated carbocycles. The van der Waals surface area contributed by atoms with Crippen LogP contribution in [-0.4, -0.2) is 124 Å². The van der Waals surface area contributed by atoms with Gasteiger partial charge in [-0.15, -0.1) is 0 Å². The lowest BCUT2D eigenvalue weighted by atomic mass is 9.98. The van der Waals surface area contributed by atoms with Gasteiger partial charge in [-0.3, -0.25) is 0 Å². The molecule has 10 atom stereocenters. The number of hydrogen-bond donors (Lipinski definition) is 6. The van der Waals surface area contributed by atoms with Crippen molar-refractivity contribution >= 4 is 11.9 Å². The molecule has 0 unspecified atom stereocenters. The topological polar surface area (TPSA) is 211 Å². The second kappa shape index (κ2) is 26.2. The Morgan fingerprint density at radius 3 is 1.42 bits per heavy atom. The molecule has 4 rings (SSSR count). The molecule has 14 heteroatoms. The van der Waals surface area contributed by atoms with Crippen LogP contribution >= 0.6 is 0 Å². The van der Waals surface area contributed by atoms with Crippen molar-refractivity contribution in [1.82, 2.24) is 0 Å². The van der Waals surface area contributed by atoms with Gasteiger partial charge in [0.1, 0.15) is 67.8 Å². The van der Waals surface area contributed by atoms with E-state index in [1.54, 1.807) is 55.5 Å². The lowest BCUT2D eigenvalue weighted by molar-refractivity contribution is -0.376. The van der Waals surface area contributed by atoms with Gasteiger partial charge in [0.15, 0.2) is 12.6 Å². The molecule has 2 aromatic carbocycles. The van der Waals surface area contributed by atoms with Crippen LogP contribution in [0.25, 0.3) is 0 Å². The van der Waals surface area contributed by atoms with E-state index in [2.05, 4.69) is 6.92 Å². The average molecular weight is 833 g/mol. The van der Waals surface area contributed by atoms with E-state index in [1.807, 2.05) is 0 Å². The van der Waals surface area contributed by atoms with E-state index in [4.69, 9.17) is 28.4 Å². The molecule has 332 valence electrons. The highest BCUT2D eigenvalue weighted by molar-refractivity contribution is 5.90. The average Bonchev–Trinajstić information content (AvgIpc) is 3.24. The summed E-state index contributed by atoms with van der Waals surface area (Å²) in [7, 11) is 0. The summed E-state index contributed by atoms with van der Waals surface area (Å²) in [5.74, 6) is -0.964. The third-order valence-corrected chi connectivity index (χ3v) is 11.0. The van der Waals surface area contributed by atoms with Gasteiger partial charge in [-0.25, -0.2) is 9.59 Å². The summed E-state index contributed by atoms with van der Waals surface area (Å²) in [5.41, 5.74) is 1.26. The molecule has 2 aliphatic heterocycles. The van der Waals surface area contributed by atoms with Gasteiger partial charge in [0.25, 0.3) is 0 Å². The number of unbranched alkanes of at least 4 members (excludes halogenated alkanes) is 15. The van der Waals surface area contributed by atoms with Gasteiger partial charge in [-0.2, -0.15) is 0 Å². The van der Waals surface area contributed by atoms with Gasteiger partial charge in [0.2, 0.25) is 0 Å². The Morgan fingerprint density at radius 1 is 0.542 bits per heavy atom. The monoisotopic (exact) mass is 832 g/mol. The standard InChI is InChI=1S/C45H68O14/c1-3-4-5-6-7-8-9-10-11-12-13-14-15-16-17-18-25-54-33-24-20-23-32(27-33)43(53)56-29-35-37(47)39(49)41(51)45(58-35)59-44-40(50)38(48)36(46)34(57-44)28-55-42(52)31-22-19-21-30(2)26-31/h19-24,26-27,34-41,44-51H,3-18,25,28-29H2,1-2H3/t34-,35-,36-,37-,38+,39+,40-,41-,44-,45-/m1/s1. The third-order valence-electron chi connectivity index (χ3n) is 11.0. The van der Waals surface area contributed by atoms with Crippen LogP contribution in [0.1, 0.15) is 136 Å². The van der Waals surface area contributed by atoms with E-state index in [0.717, 1.165) is 24.8 Å². The van der Waals surface area contributed by atoms with Crippen LogP contribution in [0.15, 0.2) is 48.5 Å². The molecule has 0 aliphatic carbocycles. The van der Waals surface area contributed by atoms with Crippen molar-refractivity contribution in [3.05, 3.63) is 65.2 Å². The highest BCUT2D eigenvalue weighted by Crippen LogP contribution is 2.29. The van der Waals surface area contributed by atoms with Crippen molar-refractivity contribution in [2.24, 2.45) is 0 Å². The number of carbonyl (C=O) groups excluding carboxylic acids is 2. The Morgan fingerprint density at radius 2 is 0.966 bits per heavy atom. The number of rotatable bonds is 26. The number of aryl methyl sites for hydroxylation is 1. The van der Waals surface area contributed by atoms with Crippen molar-refractivity contribution in [3.63, 3.8) is 0 Å². The fraction of sp³-hybridized carbons (Fsp3) is 0.689. The summed E-state index contributed by atoms with van der Waals surface area (Å²) in [4.78, 5) is 25.5. The molecule has 0 aromatic heterocycles. The number of benzene rings is 2. The van der Waals surface area contributed by atoms with E-state index in [9.17, 15) is 40.2 Å². The fourth-order valence-electron chi connectivity index (χ4n) is 7.27. The minimum atomic E-state index is -1.86. The Hall–Kier alpha value is -3.18. The predicted octanol–water partition coefficient (Wildman–Crippen LogP) is 5.28. The lowest BCUT2D eigenvalue weighted by Gasteiger charge is -2.44. The quantitative estimate of drug-likeness (QED) is 0.0527. The van der Waals surface area contributed by atoms with E-state index in [-0.39, 0.29) is 11.1 Å². The summed E-state index contributed by atoms with van der Waals surface area (Å²) < 4.78 is 33.4. The maximum absolute atomic E-state index is 13.0. The summed E-state index contributed by atoms with van der Waals surface area (Å²) in [6.07, 6.45) is 3.49. The largest absolute Gasteiger partial charge is 0.494 e. The third kappa shape index (κ3) is 16.0. The molecule has 0 bridgehead atoms. The van der Waals surface area contributed by atoms with Crippen molar-refractivity contribution in [2.75, 3.05) is 19.8 Å². The van der Waals surface area contributed by atoms with E-state index < -0.39 is 86.6 Å². The summed E-state index contributed by atoms with van der Waals surface area (Å²) in [6, 6.07) is 13.1. The fourth-order valence-corrected chi connectivity index (χ4v) is 7.27. The molecule has 59 heavy (non-hydrogen) atoms. The molecular weight excluding hydrogens is 764 g/mol. The SMILES string of the molecule is CCCCCCCCCCCCCCCCCCOc1cccc(C(=O)OC[C@H]2O[C@H](O[C@H]3O[C@H](COC(=O)c4cccc(C)c4)[C@@H](O)[C@H](O)[C@H]3O)[C@H](O)[C@@H](O)[C@@H]2O)c1. The Labute approximate surface area is 348 Å². The molecule has 2 fully saturated rings. The molecular formula is C45H68O14. The zero-order valence-corrected chi connectivity index (χ0v) is 34.8. The first-order chi connectivity index (χ1) is 28.5. The van der Waals surface area contributed by atoms with Gasteiger partial charge >= 0.3 is 11.9 Å². The minimum Gasteiger partial charge on any atom is -0.494 e. The molecule has 2 saturated heterocycles. The lowest BCUT2D eigenvalue weighted by Crippen LogP contribution is -2.64. The summed E-state index contributed by atoms with van der Waals surface area (Å²) >= 11 is 0. The minimum absolute atomic E-state index is 0.188. The van der Waals surface area contributed by atoms with Crippen LogP contribution in [0.2, 0.25) is 0 Å². The second-order valence-electron chi connectivity index (χ2n) is 15.9. The van der Waals surface area contributed by atoms with Gasteiger partial charge in [0, 0.05) is 0 Å². The molecule has 0 radical (unpaired) electrons. The maximum atomic E-state index is 13.0. The normalized spacial score (nSPS) is 27.0. The predicted molar refractivity (Wildman–Crippen MR) is 218 cm³/mol. The first-order valence-electron chi connectivity index (χ1n) is 21.7. The number of ether oxygens (including phenoxy) is 6. The van der Waals surface area contributed by atoms with E-state index >= 15 is 0 Å². The highest BCUT2D eigenvalue weighted by atomic mass is 16.8. The number of hydrogen-bond acceptors (Lipinski definition) is 14. The van der Waals surface area contributed by atoms with Crippen LogP contribution in [-0.2, 0) is 23.7 Å². The van der Waals surface area contributed by atoms with Crippen LogP contribution in [0.4, 0.5) is 0 Å². The van der Waals surface area contributed by atoms with Gasteiger partial charge < -0.3 is 59.1 Å². The number of aliphatic hydroxyl groups is 6. The zero-order chi connectivity index (χ0) is 42.6. The Bertz CT molecular complexity index is 1510. The van der Waals surface area contributed by atoms with Gasteiger partial charge in [-0.05, 0) is 43.7 Å². The van der Waals surface area contributed by atoms with Crippen molar-refractivity contribution in [3.8, 4) is 5.75 Å². The summed E-state index contributed by atoms with van der Waals surface area (Å²) in [6.45, 7) is 3.48. The number of carbonyl (C=O) groups is 2. The molecule has 6 N–H and O–H groups in total. The number of esters is 2. The molecule has 2 aromatic rings. The zero-order valence-electron chi connectivity index (χ0n) is 34.8. The van der Waals surface area contributed by atoms with Crippen LogP contribution in [0.3, 0.4) is 0 Å². The Balaban J connectivity index is 1.15. The first kappa shape index (κ1) is 48.5. The molecule has 14 nitrogen and oxygen atoms in total. The molecule has 0 amide bonds. The molecule has 2 aliphatic rings. The van der Waals surface area contributed by atoms with Crippen molar-refractivity contribution in [2.45, 2.75) is 178 Å². The van der Waals surface area contributed by atoms with Gasteiger partial charge in [0.05, 0.1) is 17.7 Å². The van der Waals surface area contributed by atoms with Crippen LogP contribution in [0, 0.1) is 6.92 Å². The maximum Gasteiger partial charge on any atom is 0.338 e. The molecule has 2 heterocycles. The first-order valence-corrected chi connectivity index (χ1v) is 21.7. The van der Waals surface area contributed by atoms with Gasteiger partial charge in [-0.1, -0.05) is 127 Å². The Kier molecular flexibility index (Phi) is 21.5. The van der Waals surface area contributed by atoms with Crippen LogP contribution in [0.5, 0.6) is 5.75 Å². The van der Waals surface area contributed by atoms with Crippen molar-refractivity contribution < 1.29 is 68.6 Å².